The number of hydrogen-bond donors (Lipinski definition) is 6. The van der Waals surface area contributed by atoms with Crippen LogP contribution in [0.2, 0.25) is 0 Å². The monoisotopic (exact) mass is 563 g/mol. The maximum Gasteiger partial charge on any atom is 0.345 e. The highest BCUT2D eigenvalue weighted by Crippen LogP contribution is 2.64. The Hall–Kier alpha value is -3.56. The van der Waals surface area contributed by atoms with E-state index in [2.05, 4.69) is 9.64 Å². The Morgan fingerprint density at radius 1 is 1.15 bits per heavy atom. The summed E-state index contributed by atoms with van der Waals surface area (Å²) in [5.41, 5.74) is -0.0665. The number of nitrogens with zero attached hydrogens (tertiary/aromatic N) is 1. The van der Waals surface area contributed by atoms with Crippen molar-refractivity contribution in [3.05, 3.63) is 40.7 Å². The summed E-state index contributed by atoms with van der Waals surface area (Å²) >= 11 is 0. The van der Waals surface area contributed by atoms with E-state index in [9.17, 15) is 44.7 Å². The molecule has 0 unspecified atom stereocenters. The van der Waals surface area contributed by atoms with Crippen LogP contribution in [-0.2, 0) is 47.1 Å². The average Bonchev–Trinajstić information content (AvgIpc) is 3.26. The van der Waals surface area contributed by atoms with Gasteiger partial charge in [-0.25, -0.2) is 14.4 Å². The maximum atomic E-state index is 12.9. The van der Waals surface area contributed by atoms with Gasteiger partial charge in [-0.05, 0) is 38.1 Å². The second kappa shape index (κ2) is 9.82. The highest BCUT2D eigenvalue weighted by atomic mass is 16.6. The summed E-state index contributed by atoms with van der Waals surface area (Å²) in [6.07, 6.45) is -6.68. The Balaban J connectivity index is 1.41. The summed E-state index contributed by atoms with van der Waals surface area (Å²) in [7, 11) is 1.92. The zero-order chi connectivity index (χ0) is 29.1. The van der Waals surface area contributed by atoms with Crippen LogP contribution in [0.3, 0.4) is 0 Å². The van der Waals surface area contributed by atoms with Crippen molar-refractivity contribution in [2.75, 3.05) is 13.6 Å². The van der Waals surface area contributed by atoms with E-state index in [0.29, 0.717) is 30.7 Å². The van der Waals surface area contributed by atoms with Crippen LogP contribution in [0.1, 0.15) is 36.0 Å². The number of ether oxygens (including phenoxy) is 3. The van der Waals surface area contributed by atoms with Crippen molar-refractivity contribution in [2.24, 2.45) is 0 Å². The number of carboxylic acids is 2. The molecule has 0 amide bonds. The van der Waals surface area contributed by atoms with E-state index in [-0.39, 0.29) is 24.8 Å². The third-order valence-electron chi connectivity index (χ3n) is 8.54. The number of aliphatic hydroxyl groups excluding tert-OH is 3. The van der Waals surface area contributed by atoms with E-state index < -0.39 is 65.7 Å². The van der Waals surface area contributed by atoms with Crippen molar-refractivity contribution in [2.45, 2.75) is 73.8 Å². The number of likely N-dealkylation sites (tertiary alicyclic amines) is 1. The summed E-state index contributed by atoms with van der Waals surface area (Å²) in [5, 5.41) is 59.2. The SMILES string of the molecule is CN1CC[C@]23c4c5ccc(CO)c4O[C@H]2C(OC(=O)C[C@H](OC(=O)[C@H](O)[C@@H](O)C(=O)O)C(=O)O)=CC[C@@]3(O)[C@H]1C5. The third-order valence-corrected chi connectivity index (χ3v) is 8.54. The molecule has 14 heteroatoms. The molecule has 0 saturated carbocycles. The molecule has 0 aromatic heterocycles. The number of carboxylic acid groups (broad SMARTS) is 2. The smallest absolute Gasteiger partial charge is 0.345 e. The summed E-state index contributed by atoms with van der Waals surface area (Å²) in [4.78, 5) is 49.4. The molecule has 14 nitrogen and oxygen atoms in total. The van der Waals surface area contributed by atoms with Crippen molar-refractivity contribution in [3.8, 4) is 5.75 Å². The van der Waals surface area contributed by atoms with Crippen LogP contribution in [0.25, 0.3) is 0 Å². The van der Waals surface area contributed by atoms with Crippen molar-refractivity contribution in [1.82, 2.24) is 4.90 Å². The summed E-state index contributed by atoms with van der Waals surface area (Å²) < 4.78 is 16.4. The highest BCUT2D eigenvalue weighted by molar-refractivity contribution is 5.87. The molecule has 1 saturated heterocycles. The number of esters is 2. The van der Waals surface area contributed by atoms with Crippen molar-refractivity contribution >= 4 is 23.9 Å². The van der Waals surface area contributed by atoms with E-state index in [1.807, 2.05) is 13.1 Å². The van der Waals surface area contributed by atoms with Crippen LogP contribution in [-0.4, -0.2) is 109 Å². The van der Waals surface area contributed by atoms with Crippen LogP contribution < -0.4 is 4.74 Å². The van der Waals surface area contributed by atoms with E-state index in [0.717, 1.165) is 11.1 Å². The number of benzene rings is 1. The first-order valence-electron chi connectivity index (χ1n) is 12.6. The normalized spacial score (nSPS) is 30.2. The Bertz CT molecular complexity index is 1310. The van der Waals surface area contributed by atoms with Crippen LogP contribution in [0, 0.1) is 0 Å². The number of aliphatic hydroxyl groups is 4. The molecule has 40 heavy (non-hydrogen) atoms. The van der Waals surface area contributed by atoms with Gasteiger partial charge in [0.1, 0.15) is 11.5 Å². The van der Waals surface area contributed by atoms with Crippen LogP contribution in [0.5, 0.6) is 5.75 Å². The maximum absolute atomic E-state index is 12.9. The molecule has 1 aromatic rings. The summed E-state index contributed by atoms with van der Waals surface area (Å²) in [6, 6.07) is 3.39. The molecule has 1 aromatic carbocycles. The predicted octanol–water partition coefficient (Wildman–Crippen LogP) is -1.81. The molecule has 1 fully saturated rings. The van der Waals surface area contributed by atoms with Gasteiger partial charge in [-0.3, -0.25) is 4.79 Å². The molecule has 2 aliphatic carbocycles. The molecule has 2 aliphatic heterocycles. The Morgan fingerprint density at radius 3 is 2.52 bits per heavy atom. The van der Waals surface area contributed by atoms with Crippen molar-refractivity contribution < 1.29 is 64.0 Å². The molecule has 0 radical (unpaired) electrons. The number of rotatable bonds is 9. The Labute approximate surface area is 227 Å². The molecular formula is C26H29NO13. The minimum Gasteiger partial charge on any atom is -0.481 e. The largest absolute Gasteiger partial charge is 0.481 e. The zero-order valence-corrected chi connectivity index (χ0v) is 21.3. The van der Waals surface area contributed by atoms with E-state index in [1.165, 1.54) is 6.08 Å². The van der Waals surface area contributed by atoms with Crippen molar-refractivity contribution in [1.29, 1.82) is 0 Å². The van der Waals surface area contributed by atoms with Gasteiger partial charge in [0.2, 0.25) is 6.10 Å². The number of hydrogen-bond acceptors (Lipinski definition) is 12. The molecule has 1 spiro atoms. The first kappa shape index (κ1) is 28.0. The molecule has 2 bridgehead atoms. The first-order valence-corrected chi connectivity index (χ1v) is 12.6. The van der Waals surface area contributed by atoms with Crippen LogP contribution >= 0.6 is 0 Å². The number of likely N-dealkylation sites (N-methyl/N-ethyl adjacent to an activating group) is 1. The second-order valence-electron chi connectivity index (χ2n) is 10.6. The number of aliphatic carboxylic acids is 2. The Morgan fingerprint density at radius 2 is 1.88 bits per heavy atom. The fourth-order valence-electron chi connectivity index (χ4n) is 6.61. The summed E-state index contributed by atoms with van der Waals surface area (Å²) in [5.74, 6) is -6.16. The lowest BCUT2D eigenvalue weighted by atomic mass is 9.50. The summed E-state index contributed by atoms with van der Waals surface area (Å²) in [6.45, 7) is 0.290. The van der Waals surface area contributed by atoms with Gasteiger partial charge in [-0.2, -0.15) is 0 Å². The second-order valence-corrected chi connectivity index (χ2v) is 10.6. The van der Waals surface area contributed by atoms with Crippen molar-refractivity contribution in [3.63, 3.8) is 0 Å². The lowest BCUT2D eigenvalue weighted by molar-refractivity contribution is -0.181. The Kier molecular flexibility index (Phi) is 6.87. The van der Waals surface area contributed by atoms with Gasteiger partial charge >= 0.3 is 23.9 Å². The predicted molar refractivity (Wildman–Crippen MR) is 129 cm³/mol. The van der Waals surface area contributed by atoms with E-state index >= 15 is 0 Å². The molecule has 5 rings (SSSR count). The molecule has 7 atom stereocenters. The van der Waals surface area contributed by atoms with Gasteiger partial charge in [-0.15, -0.1) is 0 Å². The van der Waals surface area contributed by atoms with E-state index in [1.54, 1.807) is 6.07 Å². The molecule has 2 heterocycles. The molecular weight excluding hydrogens is 534 g/mol. The topological polar surface area (TPSA) is 221 Å². The van der Waals surface area contributed by atoms with Gasteiger partial charge in [0, 0.05) is 23.6 Å². The first-order chi connectivity index (χ1) is 18.9. The fraction of sp³-hybridized carbons (Fsp3) is 0.538. The quantitative estimate of drug-likeness (QED) is 0.182. The lowest BCUT2D eigenvalue weighted by Gasteiger charge is -2.61. The van der Waals surface area contributed by atoms with Gasteiger partial charge < -0.3 is 49.7 Å². The molecule has 4 aliphatic rings. The highest BCUT2D eigenvalue weighted by Gasteiger charge is 2.71. The number of carbonyl (C=O) groups is 4. The fourth-order valence-corrected chi connectivity index (χ4v) is 6.61. The molecule has 6 N–H and O–H groups in total. The molecule has 216 valence electrons. The standard InChI is InChI=1S/C26H29NO13/c1-27-7-6-25-17-11-2-3-12(10-28)20(17)40-21(25)13(4-5-26(25,37)15(27)8-11)38-16(29)9-14(22(32)33)39-24(36)19(31)18(30)23(34)35/h2-4,14-15,18-19,21,28,30-31,37H,5-10H2,1H3,(H,32,33)(H,34,35)/t14-,15+,18+,19+,21-,25-,26+/m0/s1. The van der Waals surface area contributed by atoms with Gasteiger partial charge in [0.15, 0.2) is 18.3 Å². The van der Waals surface area contributed by atoms with E-state index in [4.69, 9.17) is 14.6 Å². The third kappa shape index (κ3) is 3.97. The number of piperidine rings is 1. The van der Waals surface area contributed by atoms with Gasteiger partial charge in [0.05, 0.1) is 24.0 Å². The van der Waals surface area contributed by atoms with Crippen LogP contribution in [0.4, 0.5) is 0 Å². The average molecular weight is 564 g/mol. The zero-order valence-electron chi connectivity index (χ0n) is 21.3. The minimum atomic E-state index is -2.59. The van der Waals surface area contributed by atoms with Gasteiger partial charge in [0.25, 0.3) is 0 Å². The van der Waals surface area contributed by atoms with Crippen LogP contribution in [0.15, 0.2) is 24.0 Å². The lowest BCUT2D eigenvalue weighted by Crippen LogP contribution is -2.74. The minimum absolute atomic E-state index is 0.0303. The van der Waals surface area contributed by atoms with Gasteiger partial charge in [-0.1, -0.05) is 12.1 Å². The number of carbonyl (C=O) groups excluding carboxylic acids is 2.